The smallest absolute Gasteiger partial charge is 0.311 e. The van der Waals surface area contributed by atoms with E-state index in [1.165, 1.54) is 28.1 Å². The Balaban J connectivity index is 2.23. The van der Waals surface area contributed by atoms with Crippen LogP contribution in [0.4, 0.5) is 0 Å². The zero-order chi connectivity index (χ0) is 46.4. The van der Waals surface area contributed by atoms with Crippen LogP contribution >= 0.6 is 0 Å². The molecule has 17 nitrogen and oxygen atoms in total. The van der Waals surface area contributed by atoms with Crippen LogP contribution in [0.5, 0.6) is 0 Å². The van der Waals surface area contributed by atoms with Crippen molar-refractivity contribution >= 4 is 17.9 Å². The molecule has 0 aromatic rings. The number of hydrogen-bond donors (Lipinski definition) is 3. The Labute approximate surface area is 364 Å². The third kappa shape index (κ3) is 13.3. The highest BCUT2D eigenvalue weighted by Gasteiger charge is 2.54. The molecule has 3 aliphatic heterocycles. The molecule has 0 aromatic heterocycles. The molecule has 0 spiro atoms. The van der Waals surface area contributed by atoms with Gasteiger partial charge in [0.05, 0.1) is 56.1 Å². The van der Waals surface area contributed by atoms with Gasteiger partial charge in [-0.15, -0.1) is 0 Å². The number of nitrogens with zero attached hydrogens (tertiary/aromatic N) is 2. The summed E-state index contributed by atoms with van der Waals surface area (Å²) in [5.41, 5.74) is -4.50. The summed E-state index contributed by atoms with van der Waals surface area (Å²) in [6, 6.07) is -0.776. The molecule has 17 heteroatoms. The van der Waals surface area contributed by atoms with Gasteiger partial charge in [0.2, 0.25) is 0 Å². The van der Waals surface area contributed by atoms with Gasteiger partial charge in [-0.1, -0.05) is 20.8 Å². The zero-order valence-electron chi connectivity index (χ0n) is 39.7. The van der Waals surface area contributed by atoms with E-state index in [-0.39, 0.29) is 50.4 Å². The number of hydrogen-bond acceptors (Lipinski definition) is 17. The Hall–Kier alpha value is -2.03. The predicted molar refractivity (Wildman–Crippen MR) is 224 cm³/mol. The van der Waals surface area contributed by atoms with Crippen molar-refractivity contribution in [1.29, 1.82) is 0 Å². The lowest BCUT2D eigenvalue weighted by Crippen LogP contribution is -2.61. The van der Waals surface area contributed by atoms with E-state index in [0.717, 1.165) is 0 Å². The summed E-state index contributed by atoms with van der Waals surface area (Å²) in [6.07, 6.45) is -7.98. The highest BCUT2D eigenvalue weighted by Crippen LogP contribution is 2.41. The van der Waals surface area contributed by atoms with E-state index in [9.17, 15) is 29.7 Å². The second-order valence-corrected chi connectivity index (χ2v) is 18.9. The molecular formula is C44H80N2O15. The van der Waals surface area contributed by atoms with Crippen molar-refractivity contribution in [2.45, 2.75) is 199 Å². The van der Waals surface area contributed by atoms with Crippen LogP contribution in [0, 0.1) is 17.8 Å². The summed E-state index contributed by atoms with van der Waals surface area (Å²) in [4.78, 5) is 42.7. The van der Waals surface area contributed by atoms with Crippen molar-refractivity contribution < 1.29 is 72.3 Å². The maximum atomic E-state index is 14.5. The molecule has 0 saturated carbocycles. The molecule has 3 fully saturated rings. The third-order valence-electron chi connectivity index (χ3n) is 13.3. The van der Waals surface area contributed by atoms with Crippen molar-refractivity contribution in [2.75, 3.05) is 48.5 Å². The molecule has 3 aliphatic rings. The number of likely N-dealkylation sites (N-methyl/N-ethyl adjacent to an activating group) is 2. The van der Waals surface area contributed by atoms with E-state index >= 15 is 0 Å². The van der Waals surface area contributed by atoms with Crippen molar-refractivity contribution in [3.8, 4) is 0 Å². The predicted octanol–water partition coefficient (Wildman–Crippen LogP) is 3.06. The molecule has 18 atom stereocenters. The fraction of sp³-hybridized carbons (Fsp3) is 0.932. The van der Waals surface area contributed by atoms with Crippen LogP contribution in [-0.2, 0) is 57.0 Å². The number of methoxy groups -OCH3 is 2. The van der Waals surface area contributed by atoms with Crippen LogP contribution in [0.25, 0.3) is 0 Å². The first-order valence-electron chi connectivity index (χ1n) is 22.0. The standard InChI is InChI=1S/C44H80N2O15/c1-17-32-44(11,52)37(49)28(6)46(14)23-24(2)21-42(9,51)38(61-41-36(55-19-18-33(48)53-15)31(45(12)13)20-25(3)56-41)26(4)35(27(5)40(50)59-32)60-34-22-43(10,54-16)39(29(7)57-34)58-30(8)47/h24-29,31-32,34-39,41,49,51-52H,17-23H2,1-16H3/t24-,25-,26+,27-,28-,29+,31+,32-,34+,35+,36-,37-,38-,39+,41+,42-,43-,44-/m1/s1. The first-order chi connectivity index (χ1) is 28.2. The van der Waals surface area contributed by atoms with Gasteiger partial charge in [-0.05, 0) is 94.8 Å². The number of rotatable bonds is 12. The minimum atomic E-state index is -1.84. The highest BCUT2D eigenvalue weighted by atomic mass is 16.7. The molecule has 356 valence electrons. The van der Waals surface area contributed by atoms with Gasteiger partial charge in [0, 0.05) is 45.0 Å². The first-order valence-corrected chi connectivity index (χ1v) is 22.0. The zero-order valence-corrected chi connectivity index (χ0v) is 39.7. The molecule has 0 bridgehead atoms. The molecule has 0 radical (unpaired) electrons. The number of carbonyl (C=O) groups is 3. The average Bonchev–Trinajstić information content (AvgIpc) is 3.17. The summed E-state index contributed by atoms with van der Waals surface area (Å²) < 4.78 is 55.7. The van der Waals surface area contributed by atoms with Crippen molar-refractivity contribution in [3.05, 3.63) is 0 Å². The quantitative estimate of drug-likeness (QED) is 0.191. The number of ether oxygens (including phenoxy) is 9. The Bertz CT molecular complexity index is 1420. The summed E-state index contributed by atoms with van der Waals surface area (Å²) in [5.74, 6) is -3.69. The van der Waals surface area contributed by atoms with E-state index in [2.05, 4.69) is 0 Å². The van der Waals surface area contributed by atoms with Gasteiger partial charge in [0.15, 0.2) is 18.7 Å². The Morgan fingerprint density at radius 3 is 2.15 bits per heavy atom. The molecule has 3 N–H and O–H groups in total. The van der Waals surface area contributed by atoms with Crippen LogP contribution in [0.1, 0.15) is 108 Å². The normalized spacial score (nSPS) is 43.8. The summed E-state index contributed by atoms with van der Waals surface area (Å²) >= 11 is 0. The molecule has 3 rings (SSSR count). The van der Waals surface area contributed by atoms with Crippen molar-refractivity contribution in [1.82, 2.24) is 9.80 Å². The third-order valence-corrected chi connectivity index (χ3v) is 13.3. The van der Waals surface area contributed by atoms with Gasteiger partial charge in [-0.2, -0.15) is 0 Å². The highest BCUT2D eigenvalue weighted by molar-refractivity contribution is 5.73. The molecule has 0 aliphatic carbocycles. The van der Waals surface area contributed by atoms with Gasteiger partial charge in [-0.3, -0.25) is 14.4 Å². The van der Waals surface area contributed by atoms with Gasteiger partial charge >= 0.3 is 17.9 Å². The molecule has 61 heavy (non-hydrogen) atoms. The lowest BCUT2D eigenvalue weighted by atomic mass is 9.77. The minimum Gasteiger partial charge on any atom is -0.469 e. The van der Waals surface area contributed by atoms with Gasteiger partial charge in [-0.25, -0.2) is 0 Å². The molecular weight excluding hydrogens is 796 g/mol. The van der Waals surface area contributed by atoms with Crippen LogP contribution in [0.3, 0.4) is 0 Å². The Kier molecular flexibility index (Phi) is 19.4. The summed E-state index contributed by atoms with van der Waals surface area (Å²) in [7, 11) is 8.52. The van der Waals surface area contributed by atoms with E-state index in [4.69, 9.17) is 42.6 Å². The lowest BCUT2D eigenvalue weighted by molar-refractivity contribution is -0.321. The van der Waals surface area contributed by atoms with E-state index in [1.54, 1.807) is 41.5 Å². The summed E-state index contributed by atoms with van der Waals surface area (Å²) in [5, 5.41) is 36.3. The first kappa shape index (κ1) is 53.3. The number of aliphatic hydroxyl groups is 3. The number of carbonyl (C=O) groups excluding carboxylic acids is 3. The fourth-order valence-electron chi connectivity index (χ4n) is 9.67. The van der Waals surface area contributed by atoms with Crippen LogP contribution < -0.4 is 0 Å². The SMILES string of the molecule is CC[C@H]1OC(=O)[C@H](C)[C@@H](O[C@H]2C[C@@](C)(OC)[C@@H](OC(C)=O)[C@H](C)O2)[C@H](C)[C@@H](O[C@@H]2O[C@H](C)C[C@H](N(C)C)[C@H]2OCCC(=O)OC)[C@](C)(O)C[C@@H](C)CN(C)[C@H](C)[C@@H](O)[C@]1(C)O. The van der Waals surface area contributed by atoms with Crippen molar-refractivity contribution in [2.24, 2.45) is 17.8 Å². The van der Waals surface area contributed by atoms with Gasteiger partial charge in [0.25, 0.3) is 0 Å². The topological polar surface area (TPSA) is 201 Å². The molecule has 0 aromatic carbocycles. The Morgan fingerprint density at radius 2 is 1.59 bits per heavy atom. The van der Waals surface area contributed by atoms with Crippen molar-refractivity contribution in [3.63, 3.8) is 0 Å². The molecule has 3 heterocycles. The lowest BCUT2D eigenvalue weighted by Gasteiger charge is -2.49. The molecule has 0 unspecified atom stereocenters. The number of esters is 3. The molecule has 3 saturated heterocycles. The Morgan fingerprint density at radius 1 is 0.951 bits per heavy atom. The van der Waals surface area contributed by atoms with Crippen LogP contribution in [0.2, 0.25) is 0 Å². The van der Waals surface area contributed by atoms with Gasteiger partial charge in [0.1, 0.15) is 29.5 Å². The second kappa shape index (κ2) is 22.2. The maximum absolute atomic E-state index is 14.5. The van der Waals surface area contributed by atoms with E-state index < -0.39 is 108 Å². The fourth-order valence-corrected chi connectivity index (χ4v) is 9.67. The second-order valence-electron chi connectivity index (χ2n) is 18.9. The monoisotopic (exact) mass is 877 g/mol. The number of cyclic esters (lactones) is 1. The maximum Gasteiger partial charge on any atom is 0.311 e. The van der Waals surface area contributed by atoms with E-state index in [1.807, 2.05) is 51.7 Å². The molecule has 0 amide bonds. The van der Waals surface area contributed by atoms with Crippen LogP contribution in [0.15, 0.2) is 0 Å². The average molecular weight is 877 g/mol. The number of aliphatic hydroxyl groups excluding tert-OH is 1. The van der Waals surface area contributed by atoms with Crippen LogP contribution in [-0.4, -0.2) is 182 Å². The minimum absolute atomic E-state index is 0.00478. The largest absolute Gasteiger partial charge is 0.469 e. The van der Waals surface area contributed by atoms with E-state index in [0.29, 0.717) is 13.0 Å². The summed E-state index contributed by atoms with van der Waals surface area (Å²) in [6.45, 7) is 19.4. The van der Waals surface area contributed by atoms with Gasteiger partial charge < -0.3 is 67.8 Å².